The van der Waals surface area contributed by atoms with E-state index in [1.54, 1.807) is 0 Å². The number of thioether (sulfide) groups is 1. The summed E-state index contributed by atoms with van der Waals surface area (Å²) in [7, 11) is 0. The van der Waals surface area contributed by atoms with E-state index >= 15 is 0 Å². The first kappa shape index (κ1) is 11.4. The zero-order valence-electron chi connectivity index (χ0n) is 9.59. The highest BCUT2D eigenvalue weighted by atomic mass is 35.5. The second kappa shape index (κ2) is 4.18. The Morgan fingerprint density at radius 1 is 1.35 bits per heavy atom. The Morgan fingerprint density at radius 3 is 2.71 bits per heavy atom. The Balaban J connectivity index is 1.74. The highest BCUT2D eigenvalue weighted by Gasteiger charge is 2.41. The molecule has 1 fully saturated rings. The Kier molecular flexibility index (Phi) is 2.79. The first-order valence-corrected chi connectivity index (χ1v) is 7.21. The molecule has 5 heteroatoms. The summed E-state index contributed by atoms with van der Waals surface area (Å²) in [5.74, 6) is 1.50. The van der Waals surface area contributed by atoms with E-state index in [1.165, 1.54) is 12.8 Å². The molecule has 92 valence electrons. The standard InChI is InChI=1S/C12H14ClNO2S/c1-17-12(2-3-12)6-14-9-5-11-10(4-8(9)13)15-7-16-11/h4-5,14H,2-3,6-7H2,1H3. The number of nitrogens with one attached hydrogen (secondary N) is 1. The second-order valence-electron chi connectivity index (χ2n) is 4.43. The Hall–Kier alpha value is -0.740. The predicted molar refractivity (Wildman–Crippen MR) is 71.5 cm³/mol. The normalized spacial score (nSPS) is 19.2. The maximum atomic E-state index is 6.20. The van der Waals surface area contributed by atoms with Gasteiger partial charge in [0.2, 0.25) is 6.79 Å². The van der Waals surface area contributed by atoms with E-state index in [0.29, 0.717) is 9.77 Å². The van der Waals surface area contributed by atoms with Crippen molar-refractivity contribution < 1.29 is 9.47 Å². The largest absolute Gasteiger partial charge is 0.454 e. The van der Waals surface area contributed by atoms with E-state index in [4.69, 9.17) is 21.1 Å². The lowest BCUT2D eigenvalue weighted by atomic mass is 10.2. The molecule has 0 radical (unpaired) electrons. The number of hydrogen-bond donors (Lipinski definition) is 1. The first-order chi connectivity index (χ1) is 8.22. The van der Waals surface area contributed by atoms with Crippen LogP contribution < -0.4 is 14.8 Å². The molecule has 0 amide bonds. The molecule has 0 atom stereocenters. The number of hydrogen-bond acceptors (Lipinski definition) is 4. The Bertz CT molecular complexity index is 448. The van der Waals surface area contributed by atoms with Gasteiger partial charge < -0.3 is 14.8 Å². The van der Waals surface area contributed by atoms with E-state index in [1.807, 2.05) is 23.9 Å². The number of benzene rings is 1. The summed E-state index contributed by atoms with van der Waals surface area (Å²) in [6, 6.07) is 3.73. The third-order valence-corrected chi connectivity index (χ3v) is 5.04. The van der Waals surface area contributed by atoms with Crippen LogP contribution in [0.4, 0.5) is 5.69 Å². The van der Waals surface area contributed by atoms with Crippen molar-refractivity contribution in [1.29, 1.82) is 0 Å². The average molecular weight is 272 g/mol. The van der Waals surface area contributed by atoms with Crippen LogP contribution in [0.15, 0.2) is 12.1 Å². The first-order valence-electron chi connectivity index (χ1n) is 5.61. The molecular formula is C12H14ClNO2S. The molecule has 1 aromatic rings. The van der Waals surface area contributed by atoms with E-state index in [9.17, 15) is 0 Å². The number of fused-ring (bicyclic) bond motifs is 1. The van der Waals surface area contributed by atoms with Gasteiger partial charge >= 0.3 is 0 Å². The lowest BCUT2D eigenvalue weighted by molar-refractivity contribution is 0.174. The summed E-state index contributed by atoms with van der Waals surface area (Å²) in [5, 5.41) is 4.09. The molecule has 0 aromatic heterocycles. The monoisotopic (exact) mass is 271 g/mol. The fraction of sp³-hybridized carbons (Fsp3) is 0.500. The molecule has 3 rings (SSSR count). The van der Waals surface area contributed by atoms with Gasteiger partial charge in [-0.25, -0.2) is 0 Å². The molecule has 1 aliphatic heterocycles. The van der Waals surface area contributed by atoms with Crippen molar-refractivity contribution in [3.8, 4) is 11.5 Å². The molecule has 1 aromatic carbocycles. The van der Waals surface area contributed by atoms with Gasteiger partial charge in [-0.2, -0.15) is 11.8 Å². The van der Waals surface area contributed by atoms with Crippen LogP contribution in [0.2, 0.25) is 5.02 Å². The molecule has 1 N–H and O–H groups in total. The summed E-state index contributed by atoms with van der Waals surface area (Å²) in [6.07, 6.45) is 4.72. The number of halogens is 1. The lowest BCUT2D eigenvalue weighted by Crippen LogP contribution is -2.17. The van der Waals surface area contributed by atoms with Crippen LogP contribution in [-0.2, 0) is 0 Å². The number of ether oxygens (including phenoxy) is 2. The predicted octanol–water partition coefficient (Wildman–Crippen LogP) is 3.38. The van der Waals surface area contributed by atoms with Crippen LogP contribution in [0.1, 0.15) is 12.8 Å². The zero-order chi connectivity index (χ0) is 11.9. The molecule has 0 spiro atoms. The molecular weight excluding hydrogens is 258 g/mol. The quantitative estimate of drug-likeness (QED) is 0.909. The van der Waals surface area contributed by atoms with Gasteiger partial charge in [-0.1, -0.05) is 11.6 Å². The maximum absolute atomic E-state index is 6.20. The van der Waals surface area contributed by atoms with Crippen molar-refractivity contribution in [2.24, 2.45) is 0 Å². The Morgan fingerprint density at radius 2 is 2.06 bits per heavy atom. The molecule has 0 bridgehead atoms. The summed E-state index contributed by atoms with van der Waals surface area (Å²) in [4.78, 5) is 0. The SMILES string of the molecule is CSC1(CNc2cc3c(cc2Cl)OCO3)CC1. The average Bonchev–Trinajstić information content (AvgIpc) is 2.98. The summed E-state index contributed by atoms with van der Waals surface area (Å²) < 4.78 is 11.0. The fourth-order valence-electron chi connectivity index (χ4n) is 1.90. The Labute approximate surface area is 110 Å². The summed E-state index contributed by atoms with van der Waals surface area (Å²) in [6.45, 7) is 1.23. The van der Waals surface area contributed by atoms with Crippen molar-refractivity contribution in [2.75, 3.05) is 24.9 Å². The summed E-state index contributed by atoms with van der Waals surface area (Å²) >= 11 is 8.12. The van der Waals surface area contributed by atoms with Gasteiger partial charge in [-0.15, -0.1) is 0 Å². The van der Waals surface area contributed by atoms with E-state index in [-0.39, 0.29) is 6.79 Å². The van der Waals surface area contributed by atoms with Gasteiger partial charge in [0.15, 0.2) is 11.5 Å². The topological polar surface area (TPSA) is 30.5 Å². The molecule has 17 heavy (non-hydrogen) atoms. The third-order valence-electron chi connectivity index (χ3n) is 3.30. The van der Waals surface area contributed by atoms with E-state index in [2.05, 4.69) is 11.6 Å². The van der Waals surface area contributed by atoms with E-state index < -0.39 is 0 Å². The molecule has 2 aliphatic rings. The highest BCUT2D eigenvalue weighted by Crippen LogP contribution is 2.47. The minimum absolute atomic E-state index is 0.282. The van der Waals surface area contributed by atoms with Gasteiger partial charge in [0, 0.05) is 23.4 Å². The molecule has 0 unspecified atom stereocenters. The number of rotatable bonds is 4. The smallest absolute Gasteiger partial charge is 0.231 e. The van der Waals surface area contributed by atoms with E-state index in [0.717, 1.165) is 23.7 Å². The van der Waals surface area contributed by atoms with Crippen LogP contribution in [-0.4, -0.2) is 24.3 Å². The minimum Gasteiger partial charge on any atom is -0.454 e. The summed E-state index contributed by atoms with van der Waals surface area (Å²) in [5.41, 5.74) is 0.927. The molecule has 3 nitrogen and oxygen atoms in total. The van der Waals surface area contributed by atoms with Crippen LogP contribution >= 0.6 is 23.4 Å². The minimum atomic E-state index is 0.282. The van der Waals surface area contributed by atoms with Gasteiger partial charge in [-0.05, 0) is 19.1 Å². The van der Waals surface area contributed by atoms with Gasteiger partial charge in [0.05, 0.1) is 10.7 Å². The molecule has 1 aliphatic carbocycles. The molecule has 1 saturated carbocycles. The molecule has 1 heterocycles. The maximum Gasteiger partial charge on any atom is 0.231 e. The van der Waals surface area contributed by atoms with Crippen molar-refractivity contribution in [2.45, 2.75) is 17.6 Å². The molecule has 0 saturated heterocycles. The van der Waals surface area contributed by atoms with Gasteiger partial charge in [-0.3, -0.25) is 0 Å². The van der Waals surface area contributed by atoms with Crippen molar-refractivity contribution >= 4 is 29.1 Å². The van der Waals surface area contributed by atoms with Crippen LogP contribution in [0.25, 0.3) is 0 Å². The van der Waals surface area contributed by atoms with Crippen molar-refractivity contribution in [3.05, 3.63) is 17.2 Å². The van der Waals surface area contributed by atoms with Gasteiger partial charge in [0.1, 0.15) is 0 Å². The van der Waals surface area contributed by atoms with Crippen LogP contribution in [0, 0.1) is 0 Å². The van der Waals surface area contributed by atoms with Gasteiger partial charge in [0.25, 0.3) is 0 Å². The number of anilines is 1. The fourth-order valence-corrected chi connectivity index (χ4v) is 2.85. The van der Waals surface area contributed by atoms with Crippen molar-refractivity contribution in [1.82, 2.24) is 0 Å². The van der Waals surface area contributed by atoms with Crippen molar-refractivity contribution in [3.63, 3.8) is 0 Å². The lowest BCUT2D eigenvalue weighted by Gasteiger charge is -2.15. The zero-order valence-corrected chi connectivity index (χ0v) is 11.2. The highest BCUT2D eigenvalue weighted by molar-refractivity contribution is 8.00. The van der Waals surface area contributed by atoms with Crippen LogP contribution in [0.3, 0.4) is 0 Å². The van der Waals surface area contributed by atoms with Crippen LogP contribution in [0.5, 0.6) is 11.5 Å². The second-order valence-corrected chi connectivity index (χ2v) is 6.11. The third kappa shape index (κ3) is 2.16.